The lowest BCUT2D eigenvalue weighted by atomic mass is 10.1. The van der Waals surface area contributed by atoms with Gasteiger partial charge in [-0.3, -0.25) is 0 Å². The first kappa shape index (κ1) is 10.2. The summed E-state index contributed by atoms with van der Waals surface area (Å²) in [6.07, 6.45) is 5.71. The minimum atomic E-state index is -0.270. The Labute approximate surface area is 96.2 Å². The van der Waals surface area contributed by atoms with E-state index in [1.165, 1.54) is 30.4 Å². The number of benzene rings is 1. The van der Waals surface area contributed by atoms with Crippen LogP contribution in [0, 0.1) is 5.92 Å². The summed E-state index contributed by atoms with van der Waals surface area (Å²) in [7, 11) is 0. The summed E-state index contributed by atoms with van der Waals surface area (Å²) >= 11 is 0. The van der Waals surface area contributed by atoms with E-state index in [9.17, 15) is 5.11 Å². The second-order valence-corrected chi connectivity index (χ2v) is 5.00. The molecular formula is C14H18O2. The maximum absolute atomic E-state index is 9.72. The van der Waals surface area contributed by atoms with Crippen LogP contribution < -0.4 is 4.74 Å². The SMILES string of the molecule is OC(COc1ccc2c(c1)CCC2)C1CC1. The maximum atomic E-state index is 9.72. The predicted octanol–water partition coefficient (Wildman–Crippen LogP) is 2.33. The van der Waals surface area contributed by atoms with E-state index in [1.807, 2.05) is 6.07 Å². The molecule has 0 bridgehead atoms. The lowest BCUT2D eigenvalue weighted by Gasteiger charge is -2.12. The van der Waals surface area contributed by atoms with Crippen molar-refractivity contribution in [3.05, 3.63) is 29.3 Å². The van der Waals surface area contributed by atoms with Crippen LogP contribution >= 0.6 is 0 Å². The quantitative estimate of drug-likeness (QED) is 0.840. The molecule has 1 fully saturated rings. The van der Waals surface area contributed by atoms with Gasteiger partial charge in [0.1, 0.15) is 12.4 Å². The molecule has 0 heterocycles. The third-order valence-electron chi connectivity index (χ3n) is 3.66. The normalized spacial score (nSPS) is 20.6. The van der Waals surface area contributed by atoms with E-state index in [0.29, 0.717) is 12.5 Å². The minimum absolute atomic E-state index is 0.270. The van der Waals surface area contributed by atoms with Gasteiger partial charge in [0.15, 0.2) is 0 Å². The Morgan fingerprint density at radius 3 is 2.88 bits per heavy atom. The molecule has 0 saturated heterocycles. The molecule has 1 atom stereocenters. The third kappa shape index (κ3) is 2.07. The molecule has 3 rings (SSSR count). The first-order valence-electron chi connectivity index (χ1n) is 6.25. The molecule has 2 nitrogen and oxygen atoms in total. The highest BCUT2D eigenvalue weighted by Gasteiger charge is 2.30. The van der Waals surface area contributed by atoms with Crippen molar-refractivity contribution in [1.82, 2.24) is 0 Å². The van der Waals surface area contributed by atoms with Gasteiger partial charge in [0, 0.05) is 0 Å². The number of hydrogen-bond donors (Lipinski definition) is 1. The van der Waals surface area contributed by atoms with E-state index < -0.39 is 0 Å². The van der Waals surface area contributed by atoms with Gasteiger partial charge in [0.25, 0.3) is 0 Å². The zero-order chi connectivity index (χ0) is 11.0. The fourth-order valence-corrected chi connectivity index (χ4v) is 2.44. The number of ether oxygens (including phenoxy) is 1. The smallest absolute Gasteiger partial charge is 0.119 e. The fourth-order valence-electron chi connectivity index (χ4n) is 2.44. The summed E-state index contributed by atoms with van der Waals surface area (Å²) in [5.74, 6) is 1.41. The van der Waals surface area contributed by atoms with Crippen molar-refractivity contribution in [2.45, 2.75) is 38.2 Å². The van der Waals surface area contributed by atoms with Crippen molar-refractivity contribution in [1.29, 1.82) is 0 Å². The van der Waals surface area contributed by atoms with Crippen LogP contribution in [-0.2, 0) is 12.8 Å². The number of aliphatic hydroxyl groups is 1. The van der Waals surface area contributed by atoms with Crippen LogP contribution in [0.4, 0.5) is 0 Å². The van der Waals surface area contributed by atoms with Crippen molar-refractivity contribution in [2.75, 3.05) is 6.61 Å². The van der Waals surface area contributed by atoms with Crippen molar-refractivity contribution in [3.8, 4) is 5.75 Å². The zero-order valence-electron chi connectivity index (χ0n) is 9.48. The van der Waals surface area contributed by atoms with Crippen LogP contribution in [-0.4, -0.2) is 17.8 Å². The molecule has 1 unspecified atom stereocenters. The summed E-state index contributed by atoms with van der Waals surface area (Å²) in [5, 5.41) is 9.72. The van der Waals surface area contributed by atoms with Gasteiger partial charge in [-0.05, 0) is 61.3 Å². The van der Waals surface area contributed by atoms with Crippen LogP contribution in [0.15, 0.2) is 18.2 Å². The number of aryl methyl sites for hydroxylation is 2. The van der Waals surface area contributed by atoms with Crippen LogP contribution in [0.5, 0.6) is 5.75 Å². The molecule has 16 heavy (non-hydrogen) atoms. The maximum Gasteiger partial charge on any atom is 0.119 e. The van der Waals surface area contributed by atoms with Crippen LogP contribution in [0.3, 0.4) is 0 Å². The van der Waals surface area contributed by atoms with Gasteiger partial charge < -0.3 is 9.84 Å². The molecule has 2 aliphatic rings. The molecule has 2 aliphatic carbocycles. The van der Waals surface area contributed by atoms with Gasteiger partial charge in [0.05, 0.1) is 6.10 Å². The van der Waals surface area contributed by atoms with Gasteiger partial charge >= 0.3 is 0 Å². The summed E-state index contributed by atoms with van der Waals surface area (Å²) in [6.45, 7) is 0.448. The van der Waals surface area contributed by atoms with Crippen molar-refractivity contribution in [2.24, 2.45) is 5.92 Å². The van der Waals surface area contributed by atoms with Gasteiger partial charge in [-0.1, -0.05) is 6.07 Å². The van der Waals surface area contributed by atoms with E-state index in [0.717, 1.165) is 18.6 Å². The van der Waals surface area contributed by atoms with Crippen LogP contribution in [0.2, 0.25) is 0 Å². The Morgan fingerprint density at radius 1 is 1.25 bits per heavy atom. The Bertz CT molecular complexity index is 382. The highest BCUT2D eigenvalue weighted by atomic mass is 16.5. The molecule has 0 amide bonds. The Hall–Kier alpha value is -1.02. The van der Waals surface area contributed by atoms with Gasteiger partial charge in [-0.15, -0.1) is 0 Å². The summed E-state index contributed by atoms with van der Waals surface area (Å²) < 4.78 is 5.64. The van der Waals surface area contributed by atoms with Crippen molar-refractivity contribution < 1.29 is 9.84 Å². The minimum Gasteiger partial charge on any atom is -0.491 e. The van der Waals surface area contributed by atoms with E-state index >= 15 is 0 Å². The van der Waals surface area contributed by atoms with Crippen LogP contribution in [0.25, 0.3) is 0 Å². The monoisotopic (exact) mass is 218 g/mol. The molecule has 1 aromatic carbocycles. The summed E-state index contributed by atoms with van der Waals surface area (Å²) in [4.78, 5) is 0. The van der Waals surface area contributed by atoms with Gasteiger partial charge in [-0.25, -0.2) is 0 Å². The van der Waals surface area contributed by atoms with Gasteiger partial charge in [-0.2, -0.15) is 0 Å². The highest BCUT2D eigenvalue weighted by molar-refractivity contribution is 5.38. The zero-order valence-corrected chi connectivity index (χ0v) is 9.48. The molecule has 1 N–H and O–H groups in total. The lowest BCUT2D eigenvalue weighted by Crippen LogP contribution is -2.19. The van der Waals surface area contributed by atoms with Crippen LogP contribution in [0.1, 0.15) is 30.4 Å². The van der Waals surface area contributed by atoms with Crippen molar-refractivity contribution >= 4 is 0 Å². The number of hydrogen-bond acceptors (Lipinski definition) is 2. The van der Waals surface area contributed by atoms with Crippen molar-refractivity contribution in [3.63, 3.8) is 0 Å². The van der Waals surface area contributed by atoms with E-state index in [2.05, 4.69) is 12.1 Å². The Kier molecular flexibility index (Phi) is 2.60. The standard InChI is InChI=1S/C14H18O2/c15-14(11-4-5-11)9-16-13-7-6-10-2-1-3-12(10)8-13/h6-8,11,14-15H,1-5,9H2. The average molecular weight is 218 g/mol. The Balaban J connectivity index is 1.61. The second kappa shape index (κ2) is 4.10. The molecule has 2 heteroatoms. The first-order chi connectivity index (χ1) is 7.83. The van der Waals surface area contributed by atoms with E-state index in [4.69, 9.17) is 4.74 Å². The van der Waals surface area contributed by atoms with E-state index in [-0.39, 0.29) is 6.10 Å². The van der Waals surface area contributed by atoms with Gasteiger partial charge in [0.2, 0.25) is 0 Å². The lowest BCUT2D eigenvalue weighted by molar-refractivity contribution is 0.0894. The number of fused-ring (bicyclic) bond motifs is 1. The Morgan fingerprint density at radius 2 is 2.06 bits per heavy atom. The summed E-state index contributed by atoms with van der Waals surface area (Å²) in [5.41, 5.74) is 2.90. The molecule has 0 spiro atoms. The second-order valence-electron chi connectivity index (χ2n) is 5.00. The molecular weight excluding hydrogens is 200 g/mol. The predicted molar refractivity (Wildman–Crippen MR) is 62.7 cm³/mol. The number of rotatable bonds is 4. The number of aliphatic hydroxyl groups excluding tert-OH is 1. The fraction of sp³-hybridized carbons (Fsp3) is 0.571. The largest absolute Gasteiger partial charge is 0.491 e. The van der Waals surface area contributed by atoms with E-state index in [1.54, 1.807) is 0 Å². The third-order valence-corrected chi connectivity index (χ3v) is 3.66. The molecule has 1 aromatic rings. The highest BCUT2D eigenvalue weighted by Crippen LogP contribution is 2.33. The average Bonchev–Trinajstić information content (AvgIpc) is 3.04. The topological polar surface area (TPSA) is 29.5 Å². The first-order valence-corrected chi connectivity index (χ1v) is 6.25. The molecule has 0 aliphatic heterocycles. The molecule has 86 valence electrons. The summed E-state index contributed by atoms with van der Waals surface area (Å²) in [6, 6.07) is 6.34. The molecule has 0 aromatic heterocycles. The molecule has 0 radical (unpaired) electrons. The molecule has 1 saturated carbocycles.